The number of hydrogen-bond acceptors (Lipinski definition) is 4. The van der Waals surface area contributed by atoms with Crippen molar-refractivity contribution >= 4 is 23.1 Å². The normalized spacial score (nSPS) is 13.7. The van der Waals surface area contributed by atoms with Crippen LogP contribution in [0.1, 0.15) is 23.6 Å². The van der Waals surface area contributed by atoms with Gasteiger partial charge in [-0.15, -0.1) is 0 Å². The first-order valence-corrected chi connectivity index (χ1v) is 10.3. The lowest BCUT2D eigenvalue weighted by molar-refractivity contribution is -0.137. The molecule has 3 aromatic carbocycles. The number of anilines is 1. The summed E-state index contributed by atoms with van der Waals surface area (Å²) in [6.07, 6.45) is 0. The van der Waals surface area contributed by atoms with Gasteiger partial charge >= 0.3 is 0 Å². The van der Waals surface area contributed by atoms with Crippen LogP contribution in [0.25, 0.3) is 5.57 Å². The molecule has 1 aliphatic rings. The van der Waals surface area contributed by atoms with Crippen LogP contribution in [-0.2, 0) is 16.1 Å². The molecule has 0 radical (unpaired) electrons. The summed E-state index contributed by atoms with van der Waals surface area (Å²) in [4.78, 5) is 28.1. The molecule has 5 nitrogen and oxygen atoms in total. The van der Waals surface area contributed by atoms with Gasteiger partial charge in [-0.1, -0.05) is 72.3 Å². The summed E-state index contributed by atoms with van der Waals surface area (Å²) in [5.41, 5.74) is 3.95. The maximum absolute atomic E-state index is 13.4. The number of para-hydroxylation sites is 2. The van der Waals surface area contributed by atoms with Gasteiger partial charge in [0.25, 0.3) is 11.8 Å². The number of hydrogen-bond donors (Lipinski definition) is 1. The number of rotatable bonds is 7. The Kier molecular flexibility index (Phi) is 5.85. The molecule has 1 N–H and O–H groups in total. The van der Waals surface area contributed by atoms with Crippen LogP contribution in [-0.4, -0.2) is 23.3 Å². The predicted octanol–water partition coefficient (Wildman–Crippen LogP) is 4.79. The first-order chi connectivity index (χ1) is 15.1. The molecule has 0 fully saturated rings. The van der Waals surface area contributed by atoms with Crippen molar-refractivity contribution in [2.45, 2.75) is 20.4 Å². The summed E-state index contributed by atoms with van der Waals surface area (Å²) in [6.45, 7) is 4.60. The van der Waals surface area contributed by atoms with Crippen LogP contribution in [0.5, 0.6) is 5.75 Å². The van der Waals surface area contributed by atoms with E-state index in [9.17, 15) is 9.59 Å². The van der Waals surface area contributed by atoms with Crippen molar-refractivity contribution in [2.75, 3.05) is 11.9 Å². The third-order valence-corrected chi connectivity index (χ3v) is 5.14. The number of nitrogens with one attached hydrogen (secondary N) is 1. The van der Waals surface area contributed by atoms with E-state index in [1.54, 1.807) is 0 Å². The van der Waals surface area contributed by atoms with Gasteiger partial charge in [-0.05, 0) is 37.1 Å². The quantitative estimate of drug-likeness (QED) is 0.567. The van der Waals surface area contributed by atoms with E-state index in [1.165, 1.54) is 4.90 Å². The van der Waals surface area contributed by atoms with Crippen LogP contribution < -0.4 is 10.1 Å². The summed E-state index contributed by atoms with van der Waals surface area (Å²) in [5, 5.41) is 3.20. The first kappa shape index (κ1) is 20.4. The molecule has 0 unspecified atom stereocenters. The topological polar surface area (TPSA) is 58.6 Å². The van der Waals surface area contributed by atoms with Crippen LogP contribution >= 0.6 is 0 Å². The molecule has 0 saturated heterocycles. The lowest BCUT2D eigenvalue weighted by Crippen LogP contribution is -2.32. The fourth-order valence-electron chi connectivity index (χ4n) is 3.58. The molecule has 156 valence electrons. The van der Waals surface area contributed by atoms with Crippen LogP contribution in [0.3, 0.4) is 0 Å². The second-order valence-corrected chi connectivity index (χ2v) is 7.35. The minimum Gasteiger partial charge on any atom is -0.492 e. The molecule has 0 aromatic heterocycles. The van der Waals surface area contributed by atoms with E-state index in [4.69, 9.17) is 4.74 Å². The zero-order valence-corrected chi connectivity index (χ0v) is 17.6. The lowest BCUT2D eigenvalue weighted by Gasteiger charge is -2.16. The summed E-state index contributed by atoms with van der Waals surface area (Å²) in [7, 11) is 0. The highest BCUT2D eigenvalue weighted by molar-refractivity contribution is 6.36. The van der Waals surface area contributed by atoms with Crippen LogP contribution in [0.2, 0.25) is 0 Å². The Bertz CT molecular complexity index is 1130. The van der Waals surface area contributed by atoms with E-state index in [1.807, 2.05) is 92.7 Å². The third-order valence-electron chi connectivity index (χ3n) is 5.14. The van der Waals surface area contributed by atoms with Crippen molar-refractivity contribution < 1.29 is 14.3 Å². The second-order valence-electron chi connectivity index (χ2n) is 7.35. The fraction of sp³-hybridized carbons (Fsp3) is 0.154. The molecule has 5 heteroatoms. The van der Waals surface area contributed by atoms with Crippen LogP contribution in [0, 0.1) is 6.92 Å². The molecular weight excluding hydrogens is 388 g/mol. The molecule has 0 atom stereocenters. The minimum absolute atomic E-state index is 0.214. The van der Waals surface area contributed by atoms with Gasteiger partial charge in [0.05, 0.1) is 24.4 Å². The molecular formula is C26H24N2O3. The number of nitrogens with zero attached hydrogens (tertiary/aromatic N) is 1. The Labute approximate surface area is 182 Å². The van der Waals surface area contributed by atoms with Crippen molar-refractivity contribution in [1.82, 2.24) is 4.90 Å². The highest BCUT2D eigenvalue weighted by Gasteiger charge is 2.39. The zero-order valence-electron chi connectivity index (χ0n) is 17.6. The smallest absolute Gasteiger partial charge is 0.278 e. The van der Waals surface area contributed by atoms with Crippen LogP contribution in [0.4, 0.5) is 5.69 Å². The highest BCUT2D eigenvalue weighted by Crippen LogP contribution is 2.34. The number of amides is 2. The lowest BCUT2D eigenvalue weighted by atomic mass is 10.0. The van der Waals surface area contributed by atoms with Crippen molar-refractivity contribution in [1.29, 1.82) is 0 Å². The number of carbonyl (C=O) groups is 2. The van der Waals surface area contributed by atoms with Crippen molar-refractivity contribution in [3.05, 3.63) is 101 Å². The Morgan fingerprint density at radius 1 is 0.839 bits per heavy atom. The van der Waals surface area contributed by atoms with Crippen molar-refractivity contribution in [3.8, 4) is 5.75 Å². The van der Waals surface area contributed by atoms with Gasteiger partial charge in [-0.25, -0.2) is 0 Å². The second kappa shape index (κ2) is 8.88. The minimum atomic E-state index is -0.351. The predicted molar refractivity (Wildman–Crippen MR) is 121 cm³/mol. The SMILES string of the molecule is CCOc1ccccc1NC1=C(c2ccc(C)cc2)C(=O)N(Cc2ccccc2)C1=O. The maximum atomic E-state index is 13.4. The number of ether oxygens (including phenoxy) is 1. The molecule has 31 heavy (non-hydrogen) atoms. The Hall–Kier alpha value is -3.86. The van der Waals surface area contributed by atoms with Crippen molar-refractivity contribution in [3.63, 3.8) is 0 Å². The van der Waals surface area contributed by atoms with E-state index < -0.39 is 0 Å². The van der Waals surface area contributed by atoms with Gasteiger partial charge < -0.3 is 10.1 Å². The average Bonchev–Trinajstić information content (AvgIpc) is 3.01. The molecule has 0 bridgehead atoms. The maximum Gasteiger partial charge on any atom is 0.278 e. The Morgan fingerprint density at radius 3 is 2.23 bits per heavy atom. The Balaban J connectivity index is 1.76. The molecule has 1 aliphatic heterocycles. The molecule has 0 saturated carbocycles. The van der Waals surface area contributed by atoms with Gasteiger partial charge in [0, 0.05) is 0 Å². The number of benzene rings is 3. The first-order valence-electron chi connectivity index (χ1n) is 10.3. The number of aryl methyl sites for hydroxylation is 1. The summed E-state index contributed by atoms with van der Waals surface area (Å²) in [5.74, 6) is -0.0349. The number of carbonyl (C=O) groups excluding carboxylic acids is 2. The Morgan fingerprint density at radius 2 is 1.52 bits per heavy atom. The molecule has 2 amide bonds. The molecule has 3 aromatic rings. The molecule has 0 spiro atoms. The van der Waals surface area contributed by atoms with E-state index in [-0.39, 0.29) is 24.1 Å². The van der Waals surface area contributed by atoms with Gasteiger partial charge in [-0.2, -0.15) is 0 Å². The van der Waals surface area contributed by atoms with Gasteiger partial charge in [-0.3, -0.25) is 14.5 Å². The van der Waals surface area contributed by atoms with Gasteiger partial charge in [0.2, 0.25) is 0 Å². The number of imide groups is 1. The highest BCUT2D eigenvalue weighted by atomic mass is 16.5. The monoisotopic (exact) mass is 412 g/mol. The van der Waals surface area contributed by atoms with Crippen LogP contribution in [0.15, 0.2) is 84.6 Å². The van der Waals surface area contributed by atoms with Gasteiger partial charge in [0.1, 0.15) is 11.4 Å². The standard InChI is InChI=1S/C26H24N2O3/c1-3-31-22-12-8-7-11-21(22)27-24-23(20-15-13-18(2)14-16-20)25(29)28(26(24)30)17-19-9-5-4-6-10-19/h4-16,27H,3,17H2,1-2H3. The summed E-state index contributed by atoms with van der Waals surface area (Å²) >= 11 is 0. The third kappa shape index (κ3) is 4.21. The van der Waals surface area contributed by atoms with E-state index in [0.717, 1.165) is 11.1 Å². The largest absolute Gasteiger partial charge is 0.492 e. The summed E-state index contributed by atoms with van der Waals surface area (Å²) in [6, 6.07) is 24.5. The summed E-state index contributed by atoms with van der Waals surface area (Å²) < 4.78 is 5.69. The fourth-order valence-corrected chi connectivity index (χ4v) is 3.58. The van der Waals surface area contributed by atoms with E-state index >= 15 is 0 Å². The average molecular weight is 412 g/mol. The molecule has 1 heterocycles. The van der Waals surface area contributed by atoms with E-state index in [0.29, 0.717) is 29.2 Å². The zero-order chi connectivity index (χ0) is 21.8. The van der Waals surface area contributed by atoms with Gasteiger partial charge in [0.15, 0.2) is 0 Å². The molecule has 4 rings (SSSR count). The molecule has 0 aliphatic carbocycles. The van der Waals surface area contributed by atoms with E-state index in [2.05, 4.69) is 5.32 Å². The van der Waals surface area contributed by atoms with Crippen molar-refractivity contribution in [2.24, 2.45) is 0 Å².